The molecule has 0 aromatic heterocycles. The van der Waals surface area contributed by atoms with Gasteiger partial charge in [-0.1, -0.05) is 12.1 Å². The number of ketones is 1. The average Bonchev–Trinajstić information content (AvgIpc) is 3.17. The number of nitrogens with one attached hydrogen (secondary N) is 3. The summed E-state index contributed by atoms with van der Waals surface area (Å²) < 4.78 is 10.8. The van der Waals surface area contributed by atoms with Crippen LogP contribution < -0.4 is 24.6 Å². The summed E-state index contributed by atoms with van der Waals surface area (Å²) in [5, 5.41) is 2.91. The quantitative estimate of drug-likeness (QED) is 0.577. The van der Waals surface area contributed by atoms with Gasteiger partial charge in [-0.2, -0.15) is 0 Å². The van der Waals surface area contributed by atoms with Gasteiger partial charge in [0.2, 0.25) is 6.79 Å². The van der Waals surface area contributed by atoms with Gasteiger partial charge in [-0.15, -0.1) is 0 Å². The van der Waals surface area contributed by atoms with Gasteiger partial charge in [-0.25, -0.2) is 0 Å². The lowest BCUT2D eigenvalue weighted by molar-refractivity contribution is -1.02. The monoisotopic (exact) mass is 397 g/mol. The molecule has 1 saturated heterocycles. The number of amides is 1. The van der Waals surface area contributed by atoms with Gasteiger partial charge in [0.1, 0.15) is 32.7 Å². The number of rotatable bonds is 6. The Kier molecular flexibility index (Phi) is 5.78. The fourth-order valence-electron chi connectivity index (χ4n) is 3.90. The Hall–Kier alpha value is -2.90. The Labute approximate surface area is 170 Å². The number of anilines is 1. The molecule has 7 nitrogen and oxygen atoms in total. The molecule has 2 aromatic rings. The molecule has 1 fully saturated rings. The molecule has 4 rings (SSSR count). The Morgan fingerprint density at radius 2 is 1.72 bits per heavy atom. The van der Waals surface area contributed by atoms with E-state index in [0.29, 0.717) is 24.6 Å². The van der Waals surface area contributed by atoms with Crippen LogP contribution in [0, 0.1) is 0 Å². The van der Waals surface area contributed by atoms with Crippen LogP contribution >= 0.6 is 0 Å². The summed E-state index contributed by atoms with van der Waals surface area (Å²) in [7, 11) is 0. The number of hydrogen-bond acceptors (Lipinski definition) is 4. The first-order chi connectivity index (χ1) is 14.1. The van der Waals surface area contributed by atoms with E-state index in [-0.39, 0.29) is 11.7 Å². The summed E-state index contributed by atoms with van der Waals surface area (Å²) in [6.45, 7) is 7.19. The fraction of sp³-hybridized carbons (Fsp3) is 0.364. The van der Waals surface area contributed by atoms with Gasteiger partial charge in [0.25, 0.3) is 5.91 Å². The third-order valence-corrected chi connectivity index (χ3v) is 5.52. The number of carbonyl (C=O) groups excluding carboxylic acids is 2. The summed E-state index contributed by atoms with van der Waals surface area (Å²) in [4.78, 5) is 26.7. The molecule has 2 aromatic carbocycles. The average molecular weight is 397 g/mol. The molecule has 7 heteroatoms. The van der Waals surface area contributed by atoms with Crippen molar-refractivity contribution in [3.63, 3.8) is 0 Å². The third-order valence-electron chi connectivity index (χ3n) is 5.52. The topological polar surface area (TPSA) is 73.5 Å². The minimum absolute atomic E-state index is 0.00622. The first kappa shape index (κ1) is 19.4. The summed E-state index contributed by atoms with van der Waals surface area (Å²) in [6.07, 6.45) is 0. The third kappa shape index (κ3) is 4.93. The molecule has 0 aliphatic carbocycles. The number of ether oxygens (including phenoxy) is 2. The normalized spacial score (nSPS) is 20.3. The van der Waals surface area contributed by atoms with Crippen LogP contribution in [0.25, 0.3) is 0 Å². The Bertz CT molecular complexity index is 907. The molecule has 2 aliphatic heterocycles. The van der Waals surface area contributed by atoms with E-state index in [1.807, 2.05) is 12.1 Å². The number of Topliss-reactive ketones (excluding diaryl/α,β-unsaturated/α-hetero) is 1. The molecule has 1 amide bonds. The Morgan fingerprint density at radius 1 is 0.966 bits per heavy atom. The van der Waals surface area contributed by atoms with Crippen LogP contribution in [0.5, 0.6) is 11.5 Å². The minimum Gasteiger partial charge on any atom is -0.454 e. The summed E-state index contributed by atoms with van der Waals surface area (Å²) in [5.41, 5.74) is 2.53. The Morgan fingerprint density at radius 3 is 2.52 bits per heavy atom. The predicted molar refractivity (Wildman–Crippen MR) is 108 cm³/mol. The number of benzene rings is 2. The van der Waals surface area contributed by atoms with Crippen molar-refractivity contribution in [1.29, 1.82) is 0 Å². The molecule has 3 N–H and O–H groups in total. The largest absolute Gasteiger partial charge is 0.454 e. The summed E-state index contributed by atoms with van der Waals surface area (Å²) >= 11 is 0. The molecule has 0 atom stereocenters. The smallest absolute Gasteiger partial charge is 0.279 e. The highest BCUT2D eigenvalue weighted by Crippen LogP contribution is 2.32. The number of piperazine rings is 1. The lowest BCUT2D eigenvalue weighted by atomic mass is 10.1. The highest BCUT2D eigenvalue weighted by atomic mass is 16.7. The lowest BCUT2D eigenvalue weighted by Gasteiger charge is -2.29. The van der Waals surface area contributed by atoms with E-state index in [2.05, 4.69) is 17.4 Å². The fourth-order valence-corrected chi connectivity index (χ4v) is 3.90. The zero-order valence-electron chi connectivity index (χ0n) is 16.6. The van der Waals surface area contributed by atoms with Gasteiger partial charge in [0.15, 0.2) is 23.8 Å². The van der Waals surface area contributed by atoms with Gasteiger partial charge in [-0.3, -0.25) is 9.59 Å². The van der Waals surface area contributed by atoms with E-state index in [1.165, 1.54) is 22.3 Å². The molecule has 2 heterocycles. The van der Waals surface area contributed by atoms with Crippen LogP contribution in [-0.4, -0.2) is 51.2 Å². The molecule has 152 valence electrons. The van der Waals surface area contributed by atoms with Gasteiger partial charge in [0.05, 0.1) is 0 Å². The second-order valence-corrected chi connectivity index (χ2v) is 7.73. The SMILES string of the molecule is CC(=O)c1cccc(NC(=O)C[NH+]2CC[NH+](Cc3ccc4c(c3)OCO4)CC2)c1. The number of hydrogen-bond donors (Lipinski definition) is 3. The zero-order valence-corrected chi connectivity index (χ0v) is 16.6. The van der Waals surface area contributed by atoms with Gasteiger partial charge in [-0.05, 0) is 37.3 Å². The van der Waals surface area contributed by atoms with E-state index < -0.39 is 0 Å². The van der Waals surface area contributed by atoms with Crippen molar-refractivity contribution in [3.05, 3.63) is 53.6 Å². The molecular weight excluding hydrogens is 370 g/mol. The van der Waals surface area contributed by atoms with Crippen LogP contribution in [0.4, 0.5) is 5.69 Å². The predicted octanol–water partition coefficient (Wildman–Crippen LogP) is -0.460. The lowest BCUT2D eigenvalue weighted by Crippen LogP contribution is -3.28. The number of quaternary nitrogens is 2. The van der Waals surface area contributed by atoms with Crippen LogP contribution in [-0.2, 0) is 11.3 Å². The van der Waals surface area contributed by atoms with E-state index in [9.17, 15) is 9.59 Å². The second-order valence-electron chi connectivity index (χ2n) is 7.73. The van der Waals surface area contributed by atoms with Crippen LogP contribution in [0.3, 0.4) is 0 Å². The van der Waals surface area contributed by atoms with Crippen molar-refractivity contribution >= 4 is 17.4 Å². The van der Waals surface area contributed by atoms with Crippen molar-refractivity contribution in [2.75, 3.05) is 44.8 Å². The number of carbonyl (C=O) groups is 2. The molecule has 0 unspecified atom stereocenters. The van der Waals surface area contributed by atoms with E-state index in [0.717, 1.165) is 44.2 Å². The highest BCUT2D eigenvalue weighted by Gasteiger charge is 2.25. The van der Waals surface area contributed by atoms with Gasteiger partial charge < -0.3 is 24.6 Å². The summed E-state index contributed by atoms with van der Waals surface area (Å²) in [6, 6.07) is 13.2. The molecule has 0 bridgehead atoms. The van der Waals surface area contributed by atoms with Gasteiger partial charge >= 0.3 is 0 Å². The van der Waals surface area contributed by atoms with Crippen molar-refractivity contribution in [2.24, 2.45) is 0 Å². The van der Waals surface area contributed by atoms with Crippen molar-refractivity contribution in [3.8, 4) is 11.5 Å². The van der Waals surface area contributed by atoms with Gasteiger partial charge in [0, 0.05) is 16.8 Å². The first-order valence-corrected chi connectivity index (χ1v) is 10.0. The van der Waals surface area contributed by atoms with Crippen LogP contribution in [0.2, 0.25) is 0 Å². The van der Waals surface area contributed by atoms with E-state index in [1.54, 1.807) is 18.2 Å². The molecule has 29 heavy (non-hydrogen) atoms. The summed E-state index contributed by atoms with van der Waals surface area (Å²) in [5.74, 6) is 1.63. The minimum atomic E-state index is -0.0140. The van der Waals surface area contributed by atoms with Crippen LogP contribution in [0.1, 0.15) is 22.8 Å². The van der Waals surface area contributed by atoms with E-state index in [4.69, 9.17) is 9.47 Å². The molecule has 0 saturated carbocycles. The zero-order chi connectivity index (χ0) is 20.2. The molecule has 0 radical (unpaired) electrons. The van der Waals surface area contributed by atoms with Crippen LogP contribution in [0.15, 0.2) is 42.5 Å². The van der Waals surface area contributed by atoms with E-state index >= 15 is 0 Å². The molecular formula is C22H27N3O4+2. The Balaban J connectivity index is 1.24. The maximum absolute atomic E-state index is 12.4. The molecule has 2 aliphatic rings. The van der Waals surface area contributed by atoms with Crippen molar-refractivity contribution < 1.29 is 28.9 Å². The first-order valence-electron chi connectivity index (χ1n) is 10.0. The number of fused-ring (bicyclic) bond motifs is 1. The maximum Gasteiger partial charge on any atom is 0.279 e. The molecule has 0 spiro atoms. The standard InChI is InChI=1S/C22H25N3O4/c1-16(26)18-3-2-4-19(12-18)23-22(27)14-25-9-7-24(8-10-25)13-17-5-6-20-21(11-17)29-15-28-20/h2-6,11-12H,7-10,13-15H2,1H3,(H,23,27)/p+2. The highest BCUT2D eigenvalue weighted by molar-refractivity contribution is 5.97. The second kappa shape index (κ2) is 8.63. The maximum atomic E-state index is 12.4. The van der Waals surface area contributed by atoms with Crippen molar-refractivity contribution in [2.45, 2.75) is 13.5 Å². The van der Waals surface area contributed by atoms with Crippen molar-refractivity contribution in [1.82, 2.24) is 0 Å².